The summed E-state index contributed by atoms with van der Waals surface area (Å²) in [6, 6.07) is 0. The van der Waals surface area contributed by atoms with E-state index in [2.05, 4.69) is 5.32 Å². The van der Waals surface area contributed by atoms with E-state index in [0.717, 1.165) is 0 Å². The molecule has 2 fully saturated rings. The number of ether oxygens (including phenoxy) is 1. The van der Waals surface area contributed by atoms with Crippen molar-refractivity contribution < 1.29 is 17.9 Å². The van der Waals surface area contributed by atoms with Gasteiger partial charge in [0.05, 0.1) is 18.1 Å². The number of rotatable bonds is 0. The highest BCUT2D eigenvalue weighted by molar-refractivity contribution is 7.91. The summed E-state index contributed by atoms with van der Waals surface area (Å²) < 4.78 is 27.2. The summed E-state index contributed by atoms with van der Waals surface area (Å²) in [5.74, 6) is 0.348. The van der Waals surface area contributed by atoms with Crippen LogP contribution in [0.15, 0.2) is 0 Å². The lowest BCUT2D eigenvalue weighted by molar-refractivity contribution is 0.0826. The zero-order chi connectivity index (χ0) is 10.2. The SMILES string of the molecule is O=C1NC2(CCO1)CCS(=O)(=O)CC2. The molecule has 2 saturated heterocycles. The predicted octanol–water partition coefficient (Wildman–Crippen LogP) is 0.0637. The maximum Gasteiger partial charge on any atom is 0.407 e. The second-order valence-corrected chi connectivity index (χ2v) is 6.25. The molecule has 2 heterocycles. The van der Waals surface area contributed by atoms with Crippen LogP contribution in [0, 0.1) is 0 Å². The molecule has 80 valence electrons. The van der Waals surface area contributed by atoms with E-state index in [1.807, 2.05) is 0 Å². The molecule has 1 spiro atoms. The maximum absolute atomic E-state index is 11.2. The molecule has 2 rings (SSSR count). The smallest absolute Gasteiger partial charge is 0.407 e. The molecule has 5 nitrogen and oxygen atoms in total. The van der Waals surface area contributed by atoms with Crippen molar-refractivity contribution in [2.45, 2.75) is 24.8 Å². The van der Waals surface area contributed by atoms with Crippen molar-refractivity contribution in [1.29, 1.82) is 0 Å². The van der Waals surface area contributed by atoms with Crippen molar-refractivity contribution in [3.05, 3.63) is 0 Å². The van der Waals surface area contributed by atoms with Gasteiger partial charge in [0, 0.05) is 12.0 Å². The van der Waals surface area contributed by atoms with Gasteiger partial charge in [0.25, 0.3) is 0 Å². The molecular formula is C8H13NO4S. The number of sulfone groups is 1. The summed E-state index contributed by atoms with van der Waals surface area (Å²) in [6.07, 6.45) is 1.33. The lowest BCUT2D eigenvalue weighted by atomic mass is 9.88. The van der Waals surface area contributed by atoms with E-state index in [4.69, 9.17) is 4.74 Å². The minimum Gasteiger partial charge on any atom is -0.449 e. The van der Waals surface area contributed by atoms with Crippen molar-refractivity contribution in [1.82, 2.24) is 5.32 Å². The van der Waals surface area contributed by atoms with Gasteiger partial charge in [-0.2, -0.15) is 0 Å². The van der Waals surface area contributed by atoms with E-state index >= 15 is 0 Å². The summed E-state index contributed by atoms with van der Waals surface area (Å²) in [7, 11) is -2.87. The number of nitrogens with one attached hydrogen (secondary N) is 1. The predicted molar refractivity (Wildman–Crippen MR) is 49.7 cm³/mol. The van der Waals surface area contributed by atoms with E-state index in [1.165, 1.54) is 0 Å². The highest BCUT2D eigenvalue weighted by atomic mass is 32.2. The fourth-order valence-corrected chi connectivity index (χ4v) is 3.57. The van der Waals surface area contributed by atoms with Crippen LogP contribution in [0.5, 0.6) is 0 Å². The average Bonchev–Trinajstić information content (AvgIpc) is 2.12. The Balaban J connectivity index is 2.08. The minimum atomic E-state index is -2.87. The standard InChI is InChI=1S/C8H13NO4S/c10-7-9-8(1-4-13-7)2-5-14(11,12)6-3-8/h1-6H2,(H,9,10). The number of cyclic esters (lactones) is 1. The Hall–Kier alpha value is -0.780. The fourth-order valence-electron chi connectivity index (χ4n) is 1.96. The van der Waals surface area contributed by atoms with Gasteiger partial charge >= 0.3 is 6.09 Å². The number of carbonyl (C=O) groups excluding carboxylic acids is 1. The number of alkyl carbamates (subject to hydrolysis) is 1. The first-order valence-corrected chi connectivity index (χ1v) is 6.49. The van der Waals surface area contributed by atoms with Crippen LogP contribution in [-0.2, 0) is 14.6 Å². The highest BCUT2D eigenvalue weighted by Crippen LogP contribution is 2.29. The molecular weight excluding hydrogens is 206 g/mol. The number of carbonyl (C=O) groups is 1. The van der Waals surface area contributed by atoms with E-state index in [-0.39, 0.29) is 17.0 Å². The molecule has 0 aromatic heterocycles. The van der Waals surface area contributed by atoms with E-state index in [1.54, 1.807) is 0 Å². The van der Waals surface area contributed by atoms with Crippen LogP contribution in [0.1, 0.15) is 19.3 Å². The van der Waals surface area contributed by atoms with E-state index < -0.39 is 15.9 Å². The molecule has 0 aromatic rings. The molecule has 0 atom stereocenters. The summed E-state index contributed by atoms with van der Waals surface area (Å²) in [6.45, 7) is 0.395. The first-order chi connectivity index (χ1) is 6.52. The third-order valence-corrected chi connectivity index (χ3v) is 4.62. The van der Waals surface area contributed by atoms with Crippen LogP contribution in [0.25, 0.3) is 0 Å². The molecule has 0 aromatic carbocycles. The van der Waals surface area contributed by atoms with Crippen LogP contribution in [0.3, 0.4) is 0 Å². The van der Waals surface area contributed by atoms with Gasteiger partial charge in [0.15, 0.2) is 0 Å². The van der Waals surface area contributed by atoms with Gasteiger partial charge in [0.2, 0.25) is 0 Å². The normalized spacial score (nSPS) is 29.3. The highest BCUT2D eigenvalue weighted by Gasteiger charge is 2.40. The first kappa shape index (κ1) is 9.76. The second kappa shape index (κ2) is 3.12. The third-order valence-electron chi connectivity index (χ3n) is 2.96. The van der Waals surface area contributed by atoms with E-state index in [0.29, 0.717) is 25.9 Å². The van der Waals surface area contributed by atoms with Crippen LogP contribution >= 0.6 is 0 Å². The van der Waals surface area contributed by atoms with Crippen molar-refractivity contribution in [2.24, 2.45) is 0 Å². The Morgan fingerprint density at radius 2 is 1.86 bits per heavy atom. The van der Waals surface area contributed by atoms with Crippen LogP contribution in [0.4, 0.5) is 4.79 Å². The summed E-state index contributed by atoms with van der Waals surface area (Å²) in [4.78, 5) is 11.0. The third kappa shape index (κ3) is 1.84. The number of hydrogen-bond acceptors (Lipinski definition) is 4. The molecule has 6 heteroatoms. The van der Waals surface area contributed by atoms with Crippen molar-refractivity contribution in [3.63, 3.8) is 0 Å². The second-order valence-electron chi connectivity index (χ2n) is 3.94. The van der Waals surface area contributed by atoms with Crippen molar-refractivity contribution >= 4 is 15.9 Å². The molecule has 0 radical (unpaired) electrons. The molecule has 0 unspecified atom stereocenters. The van der Waals surface area contributed by atoms with Crippen LogP contribution in [0.2, 0.25) is 0 Å². The first-order valence-electron chi connectivity index (χ1n) is 4.67. The summed E-state index contributed by atoms with van der Waals surface area (Å²) >= 11 is 0. The molecule has 1 N–H and O–H groups in total. The van der Waals surface area contributed by atoms with Gasteiger partial charge in [-0.25, -0.2) is 13.2 Å². The molecule has 1 amide bonds. The fraction of sp³-hybridized carbons (Fsp3) is 0.875. The molecule has 2 aliphatic heterocycles. The Morgan fingerprint density at radius 1 is 1.21 bits per heavy atom. The lowest BCUT2D eigenvalue weighted by Crippen LogP contribution is -2.56. The zero-order valence-electron chi connectivity index (χ0n) is 7.78. The van der Waals surface area contributed by atoms with Crippen molar-refractivity contribution in [2.75, 3.05) is 18.1 Å². The largest absolute Gasteiger partial charge is 0.449 e. The molecule has 2 aliphatic rings. The Kier molecular flexibility index (Phi) is 2.17. The topological polar surface area (TPSA) is 72.5 Å². The Morgan fingerprint density at radius 3 is 2.43 bits per heavy atom. The van der Waals surface area contributed by atoms with E-state index in [9.17, 15) is 13.2 Å². The molecule has 14 heavy (non-hydrogen) atoms. The van der Waals surface area contributed by atoms with Crippen LogP contribution in [-0.4, -0.2) is 38.2 Å². The van der Waals surface area contributed by atoms with Gasteiger partial charge < -0.3 is 10.1 Å². The Labute approximate surface area is 82.7 Å². The minimum absolute atomic E-state index is 0.174. The lowest BCUT2D eigenvalue weighted by Gasteiger charge is -2.40. The maximum atomic E-state index is 11.2. The average molecular weight is 219 g/mol. The van der Waals surface area contributed by atoms with Gasteiger partial charge in [0.1, 0.15) is 9.84 Å². The van der Waals surface area contributed by atoms with Crippen LogP contribution < -0.4 is 5.32 Å². The van der Waals surface area contributed by atoms with Gasteiger partial charge in [-0.05, 0) is 12.8 Å². The monoisotopic (exact) mass is 219 g/mol. The van der Waals surface area contributed by atoms with Gasteiger partial charge in [-0.1, -0.05) is 0 Å². The summed E-state index contributed by atoms with van der Waals surface area (Å²) in [5.41, 5.74) is -0.319. The summed E-state index contributed by atoms with van der Waals surface area (Å²) in [5, 5.41) is 2.74. The molecule has 0 aliphatic carbocycles. The molecule has 0 saturated carbocycles. The quantitative estimate of drug-likeness (QED) is 0.625. The zero-order valence-corrected chi connectivity index (χ0v) is 8.60. The van der Waals surface area contributed by atoms with Gasteiger partial charge in [-0.3, -0.25) is 0 Å². The number of amides is 1. The molecule has 0 bridgehead atoms. The number of hydrogen-bond donors (Lipinski definition) is 1. The van der Waals surface area contributed by atoms with Crippen molar-refractivity contribution in [3.8, 4) is 0 Å². The Bertz CT molecular complexity index is 334. The van der Waals surface area contributed by atoms with Gasteiger partial charge in [-0.15, -0.1) is 0 Å².